The van der Waals surface area contributed by atoms with E-state index < -0.39 is 11.9 Å². The number of aryl methyl sites for hydroxylation is 1. The van der Waals surface area contributed by atoms with Gasteiger partial charge in [0.15, 0.2) is 5.65 Å². The monoisotopic (exact) mass is 780 g/mol. The number of carbonyl (C=O) groups is 4. The molecule has 1 aromatic carbocycles. The van der Waals surface area contributed by atoms with Crippen LogP contribution in [0.3, 0.4) is 0 Å². The number of carbonyl (C=O) groups excluding carboxylic acids is 4. The highest BCUT2D eigenvalue weighted by Crippen LogP contribution is 2.30. The van der Waals surface area contributed by atoms with E-state index in [9.17, 15) is 19.2 Å². The van der Waals surface area contributed by atoms with Crippen molar-refractivity contribution >= 4 is 40.9 Å². The van der Waals surface area contributed by atoms with Crippen LogP contribution in [0.1, 0.15) is 104 Å². The third kappa shape index (κ3) is 9.74. The first kappa shape index (κ1) is 39.7. The minimum atomic E-state index is -0.650. The maximum absolute atomic E-state index is 13.0. The molecule has 302 valence electrons. The number of fused-ring (bicyclic) bond motifs is 2. The number of pyridine rings is 1. The Hall–Kier alpha value is -5.48. The van der Waals surface area contributed by atoms with Gasteiger partial charge in [-0.05, 0) is 86.7 Å². The van der Waals surface area contributed by atoms with Crippen molar-refractivity contribution < 1.29 is 28.7 Å². The van der Waals surface area contributed by atoms with Crippen LogP contribution in [-0.4, -0.2) is 103 Å². The molecule has 2 fully saturated rings. The van der Waals surface area contributed by atoms with Gasteiger partial charge in [-0.15, -0.1) is 0 Å². The molecule has 1 unspecified atom stereocenters. The van der Waals surface area contributed by atoms with Crippen molar-refractivity contribution in [3.63, 3.8) is 0 Å². The molecule has 4 amide bonds. The molecule has 0 radical (unpaired) electrons. The SMILES string of the molecule is CC(C)c1cnn2c(NCc3ccc(NC(=O)CCCCOCCCc4cncc5c4CN(C4CCC(=O)NC4=O)C5=O)cc3)nc(OC3CCN(C)CC3)nc12. The summed E-state index contributed by atoms with van der Waals surface area (Å²) >= 11 is 0. The number of imide groups is 1. The topological polar surface area (TPSA) is 185 Å². The van der Waals surface area contributed by atoms with Gasteiger partial charge in [-0.25, -0.2) is 0 Å². The molecule has 7 rings (SSSR count). The molecule has 16 heteroatoms. The Kier molecular flexibility index (Phi) is 12.7. The van der Waals surface area contributed by atoms with E-state index in [2.05, 4.69) is 51.8 Å². The number of nitrogens with zero attached hydrogens (tertiary/aromatic N) is 7. The molecule has 0 aliphatic carbocycles. The van der Waals surface area contributed by atoms with Crippen LogP contribution in [0.4, 0.5) is 11.6 Å². The number of anilines is 2. The summed E-state index contributed by atoms with van der Waals surface area (Å²) in [5.74, 6) is -0.200. The number of aromatic nitrogens is 5. The van der Waals surface area contributed by atoms with Gasteiger partial charge in [0, 0.05) is 75.9 Å². The van der Waals surface area contributed by atoms with Gasteiger partial charge in [-0.2, -0.15) is 19.6 Å². The highest BCUT2D eigenvalue weighted by Gasteiger charge is 2.40. The fraction of sp³-hybridized carbons (Fsp3) is 0.512. The summed E-state index contributed by atoms with van der Waals surface area (Å²) < 4.78 is 13.8. The van der Waals surface area contributed by atoms with Gasteiger partial charge in [0.25, 0.3) is 5.91 Å². The Bertz CT molecular complexity index is 2080. The summed E-state index contributed by atoms with van der Waals surface area (Å²) in [4.78, 5) is 67.2. The van der Waals surface area contributed by atoms with Crippen molar-refractivity contribution in [3.05, 3.63) is 70.7 Å². The summed E-state index contributed by atoms with van der Waals surface area (Å²) in [6.07, 6.45) is 10.9. The third-order valence-electron chi connectivity index (χ3n) is 10.9. The summed E-state index contributed by atoms with van der Waals surface area (Å²) in [6, 6.07) is 7.44. The molecule has 3 aliphatic rings. The number of likely N-dealkylation sites (tertiary alicyclic amines) is 1. The molecule has 4 aromatic rings. The van der Waals surface area contributed by atoms with Crippen LogP contribution in [-0.2, 0) is 38.6 Å². The van der Waals surface area contributed by atoms with Crippen LogP contribution in [0.5, 0.6) is 6.01 Å². The molecule has 57 heavy (non-hydrogen) atoms. The smallest absolute Gasteiger partial charge is 0.322 e. The van der Waals surface area contributed by atoms with E-state index >= 15 is 0 Å². The van der Waals surface area contributed by atoms with Gasteiger partial charge < -0.3 is 29.9 Å². The third-order valence-corrected chi connectivity index (χ3v) is 10.9. The average molecular weight is 781 g/mol. The van der Waals surface area contributed by atoms with Gasteiger partial charge in [-0.1, -0.05) is 26.0 Å². The molecular weight excluding hydrogens is 729 g/mol. The lowest BCUT2D eigenvalue weighted by Crippen LogP contribution is -2.52. The van der Waals surface area contributed by atoms with E-state index in [4.69, 9.17) is 19.4 Å². The van der Waals surface area contributed by atoms with Crippen molar-refractivity contribution in [2.24, 2.45) is 0 Å². The summed E-state index contributed by atoms with van der Waals surface area (Å²) in [5.41, 5.74) is 5.88. The van der Waals surface area contributed by atoms with Gasteiger partial charge in [0.2, 0.25) is 23.7 Å². The van der Waals surface area contributed by atoms with E-state index in [1.807, 2.05) is 30.5 Å². The summed E-state index contributed by atoms with van der Waals surface area (Å²) in [5, 5.41) is 13.3. The second kappa shape index (κ2) is 18.2. The molecule has 3 aromatic heterocycles. The number of nitrogens with one attached hydrogen (secondary N) is 3. The van der Waals surface area contributed by atoms with Gasteiger partial charge >= 0.3 is 6.01 Å². The molecule has 3 aliphatic heterocycles. The molecule has 16 nitrogen and oxygen atoms in total. The maximum atomic E-state index is 13.0. The lowest BCUT2D eigenvalue weighted by Gasteiger charge is -2.29. The number of hydrogen-bond acceptors (Lipinski definition) is 12. The normalized spacial score (nSPS) is 17.6. The Morgan fingerprint density at radius 1 is 0.982 bits per heavy atom. The minimum Gasteiger partial charge on any atom is -0.460 e. The van der Waals surface area contributed by atoms with Crippen LogP contribution in [0.2, 0.25) is 0 Å². The lowest BCUT2D eigenvalue weighted by molar-refractivity contribution is -0.137. The van der Waals surface area contributed by atoms with Crippen molar-refractivity contribution in [2.75, 3.05) is 44.0 Å². The molecule has 1 atom stereocenters. The van der Waals surface area contributed by atoms with Crippen LogP contribution >= 0.6 is 0 Å². The molecule has 0 spiro atoms. The van der Waals surface area contributed by atoms with Gasteiger partial charge in [0.1, 0.15) is 12.1 Å². The van der Waals surface area contributed by atoms with E-state index in [1.165, 1.54) is 0 Å². The van der Waals surface area contributed by atoms with E-state index in [0.717, 1.165) is 72.4 Å². The van der Waals surface area contributed by atoms with Crippen LogP contribution in [0.15, 0.2) is 42.9 Å². The predicted molar refractivity (Wildman–Crippen MR) is 212 cm³/mol. The number of ether oxygens (including phenoxy) is 2. The number of benzene rings is 1. The Morgan fingerprint density at radius 3 is 2.54 bits per heavy atom. The lowest BCUT2D eigenvalue weighted by atomic mass is 10.0. The fourth-order valence-electron chi connectivity index (χ4n) is 7.51. The van der Waals surface area contributed by atoms with Crippen molar-refractivity contribution in [2.45, 2.75) is 103 Å². The zero-order valence-corrected chi connectivity index (χ0v) is 33.0. The van der Waals surface area contributed by atoms with Gasteiger partial charge in [-0.3, -0.25) is 29.5 Å². The average Bonchev–Trinajstić information content (AvgIpc) is 3.78. The number of amides is 4. The van der Waals surface area contributed by atoms with E-state index in [0.29, 0.717) is 69.5 Å². The van der Waals surface area contributed by atoms with Crippen molar-refractivity contribution in [3.8, 4) is 6.01 Å². The summed E-state index contributed by atoms with van der Waals surface area (Å²) in [6.45, 7) is 8.11. The Morgan fingerprint density at radius 2 is 1.77 bits per heavy atom. The predicted octanol–water partition coefficient (Wildman–Crippen LogP) is 4.25. The van der Waals surface area contributed by atoms with Crippen LogP contribution < -0.4 is 20.7 Å². The molecule has 3 N–H and O–H groups in total. The van der Waals surface area contributed by atoms with E-state index in [-0.39, 0.29) is 36.2 Å². The number of unbranched alkanes of at least 4 members (excludes halogenated alkanes) is 1. The summed E-state index contributed by atoms with van der Waals surface area (Å²) in [7, 11) is 2.12. The van der Waals surface area contributed by atoms with Crippen LogP contribution in [0.25, 0.3) is 5.65 Å². The minimum absolute atomic E-state index is 0.0487. The Labute approximate surface area is 332 Å². The number of hydrogen-bond donors (Lipinski definition) is 3. The first-order valence-corrected chi connectivity index (χ1v) is 20.0. The van der Waals surface area contributed by atoms with Gasteiger partial charge in [0.05, 0.1) is 11.8 Å². The maximum Gasteiger partial charge on any atom is 0.322 e. The van der Waals surface area contributed by atoms with E-state index in [1.54, 1.807) is 21.8 Å². The molecule has 0 bridgehead atoms. The zero-order valence-electron chi connectivity index (χ0n) is 33.0. The second-order valence-corrected chi connectivity index (χ2v) is 15.4. The number of rotatable bonds is 17. The first-order valence-electron chi connectivity index (χ1n) is 20.0. The largest absolute Gasteiger partial charge is 0.460 e. The van der Waals surface area contributed by atoms with Crippen LogP contribution in [0, 0.1) is 0 Å². The number of piperidine rings is 2. The molecular formula is C41H52N10O6. The Balaban J connectivity index is 0.808. The fourth-order valence-corrected chi connectivity index (χ4v) is 7.51. The highest BCUT2D eigenvalue weighted by atomic mass is 16.5. The van der Waals surface area contributed by atoms with Crippen molar-refractivity contribution in [1.82, 2.24) is 39.7 Å². The van der Waals surface area contributed by atoms with Crippen molar-refractivity contribution in [1.29, 1.82) is 0 Å². The standard InChI is InChI=1S/C41H52N10O6/c1-26(2)31-24-44-51-37(31)47-41(57-30-15-17-49(3)18-16-30)48-40(51)43-21-27-9-11-29(12-10-27)45-35(52)8-4-5-19-56-20-6-7-28-22-42-23-32-33(28)25-50(39(32)55)34-13-14-36(53)46-38(34)54/h9-12,22-24,26,30,34H,4-8,13-21,25H2,1-3H3,(H,45,52)(H,43,47,48)(H,46,53,54). The first-order chi connectivity index (χ1) is 27.6. The second-order valence-electron chi connectivity index (χ2n) is 15.4. The highest BCUT2D eigenvalue weighted by molar-refractivity contribution is 6.05. The molecule has 0 saturated carbocycles. The molecule has 6 heterocycles. The zero-order chi connectivity index (χ0) is 39.9. The quantitative estimate of drug-likeness (QED) is 0.102. The molecule has 2 saturated heterocycles.